The lowest BCUT2D eigenvalue weighted by Crippen LogP contribution is -2.33. The normalized spacial score (nSPS) is 16.8. The Kier molecular flexibility index (Phi) is 3.74. The van der Waals surface area contributed by atoms with E-state index < -0.39 is 0 Å². The SMILES string of the molecule is O=C(c1cc(=O)n(-c2ccccc2)[nH]1)N1CCc2[nH]nc(C3CC3)c2CC1. The second-order valence-corrected chi connectivity index (χ2v) is 7.31. The van der Waals surface area contributed by atoms with E-state index in [4.69, 9.17) is 0 Å². The van der Waals surface area contributed by atoms with E-state index in [1.807, 2.05) is 35.2 Å². The highest BCUT2D eigenvalue weighted by molar-refractivity contribution is 5.92. The molecule has 1 fully saturated rings. The first-order valence-electron chi connectivity index (χ1n) is 9.43. The van der Waals surface area contributed by atoms with Gasteiger partial charge in [0.1, 0.15) is 5.69 Å². The summed E-state index contributed by atoms with van der Waals surface area (Å²) in [5.74, 6) is 0.469. The maximum absolute atomic E-state index is 13.0. The van der Waals surface area contributed by atoms with Gasteiger partial charge in [0.2, 0.25) is 0 Å². The van der Waals surface area contributed by atoms with Crippen LogP contribution in [0.5, 0.6) is 0 Å². The van der Waals surface area contributed by atoms with Gasteiger partial charge in [-0.05, 0) is 37.0 Å². The number of para-hydroxylation sites is 1. The molecule has 2 aromatic heterocycles. The van der Waals surface area contributed by atoms with E-state index in [0.29, 0.717) is 30.4 Å². The smallest absolute Gasteiger partial charge is 0.271 e. The van der Waals surface area contributed by atoms with E-state index in [1.165, 1.54) is 34.8 Å². The van der Waals surface area contributed by atoms with Crippen LogP contribution in [0.4, 0.5) is 0 Å². The standard InChI is InChI=1S/C20H21N5O2/c26-18-12-17(23-25(18)14-4-2-1-3-5-14)20(27)24-10-8-15-16(9-11-24)21-22-19(15)13-6-7-13/h1-5,12-13,23H,6-11H2,(H,21,22). The van der Waals surface area contributed by atoms with Crippen molar-refractivity contribution in [1.82, 2.24) is 24.9 Å². The lowest BCUT2D eigenvalue weighted by Gasteiger charge is -2.19. The van der Waals surface area contributed by atoms with Gasteiger partial charge in [-0.1, -0.05) is 18.2 Å². The molecular formula is C20H21N5O2. The zero-order chi connectivity index (χ0) is 18.4. The minimum Gasteiger partial charge on any atom is -0.337 e. The van der Waals surface area contributed by atoms with Crippen molar-refractivity contribution in [3.05, 3.63) is 69.4 Å². The largest absolute Gasteiger partial charge is 0.337 e. The summed E-state index contributed by atoms with van der Waals surface area (Å²) >= 11 is 0. The summed E-state index contributed by atoms with van der Waals surface area (Å²) in [6.07, 6.45) is 4.01. The van der Waals surface area contributed by atoms with Gasteiger partial charge in [0.05, 0.1) is 11.4 Å². The van der Waals surface area contributed by atoms with Crippen LogP contribution >= 0.6 is 0 Å². The number of amides is 1. The van der Waals surface area contributed by atoms with Crippen molar-refractivity contribution >= 4 is 5.91 Å². The quantitative estimate of drug-likeness (QED) is 0.746. The summed E-state index contributed by atoms with van der Waals surface area (Å²) in [4.78, 5) is 27.1. The second-order valence-electron chi connectivity index (χ2n) is 7.31. The van der Waals surface area contributed by atoms with Crippen LogP contribution in [0.15, 0.2) is 41.2 Å². The number of carbonyl (C=O) groups excluding carboxylic acids is 1. The van der Waals surface area contributed by atoms with Crippen molar-refractivity contribution in [3.8, 4) is 5.69 Å². The van der Waals surface area contributed by atoms with E-state index in [9.17, 15) is 9.59 Å². The van der Waals surface area contributed by atoms with Crippen LogP contribution in [0.3, 0.4) is 0 Å². The maximum atomic E-state index is 13.0. The first-order chi connectivity index (χ1) is 13.2. The number of rotatable bonds is 3. The predicted octanol–water partition coefficient (Wildman–Crippen LogP) is 2.01. The average molecular weight is 363 g/mol. The van der Waals surface area contributed by atoms with Gasteiger partial charge in [0.15, 0.2) is 0 Å². The first-order valence-corrected chi connectivity index (χ1v) is 9.43. The topological polar surface area (TPSA) is 86.8 Å². The molecule has 0 bridgehead atoms. The molecule has 1 aromatic carbocycles. The molecule has 2 N–H and O–H groups in total. The summed E-state index contributed by atoms with van der Waals surface area (Å²) in [7, 11) is 0. The van der Waals surface area contributed by atoms with Crippen LogP contribution in [0.2, 0.25) is 0 Å². The van der Waals surface area contributed by atoms with Gasteiger partial charge in [-0.3, -0.25) is 19.8 Å². The first kappa shape index (κ1) is 16.1. The molecule has 0 radical (unpaired) electrons. The van der Waals surface area contributed by atoms with Gasteiger partial charge < -0.3 is 4.90 Å². The summed E-state index contributed by atoms with van der Waals surface area (Å²) in [6, 6.07) is 10.7. The van der Waals surface area contributed by atoms with E-state index in [2.05, 4.69) is 15.3 Å². The van der Waals surface area contributed by atoms with E-state index in [0.717, 1.165) is 18.5 Å². The molecule has 7 heteroatoms. The molecule has 5 rings (SSSR count). The number of benzene rings is 1. The maximum Gasteiger partial charge on any atom is 0.271 e. The Hall–Kier alpha value is -3.09. The lowest BCUT2D eigenvalue weighted by molar-refractivity contribution is 0.0756. The number of fused-ring (bicyclic) bond motifs is 1. The van der Waals surface area contributed by atoms with Crippen LogP contribution in [0.1, 0.15) is 46.2 Å². The summed E-state index contributed by atoms with van der Waals surface area (Å²) in [5.41, 5.74) is 4.46. The Bertz CT molecular complexity index is 1040. The third-order valence-electron chi connectivity index (χ3n) is 5.46. The number of nitrogens with one attached hydrogen (secondary N) is 2. The zero-order valence-corrected chi connectivity index (χ0v) is 14.9. The van der Waals surface area contributed by atoms with Crippen molar-refractivity contribution < 1.29 is 4.79 Å². The van der Waals surface area contributed by atoms with Crippen LogP contribution in [-0.4, -0.2) is 43.9 Å². The van der Waals surface area contributed by atoms with Crippen molar-refractivity contribution in [2.24, 2.45) is 0 Å². The van der Waals surface area contributed by atoms with Crippen molar-refractivity contribution in [2.45, 2.75) is 31.6 Å². The predicted molar refractivity (Wildman–Crippen MR) is 100 cm³/mol. The van der Waals surface area contributed by atoms with E-state index in [1.54, 1.807) is 0 Å². The minimum atomic E-state index is -0.232. The van der Waals surface area contributed by atoms with Gasteiger partial charge in [-0.2, -0.15) is 5.10 Å². The summed E-state index contributed by atoms with van der Waals surface area (Å²) in [6.45, 7) is 1.26. The number of aromatic amines is 2. The highest BCUT2D eigenvalue weighted by Crippen LogP contribution is 2.41. The Morgan fingerprint density at radius 3 is 2.67 bits per heavy atom. The monoisotopic (exact) mass is 363 g/mol. The van der Waals surface area contributed by atoms with Crippen molar-refractivity contribution in [2.75, 3.05) is 13.1 Å². The van der Waals surface area contributed by atoms with Crippen molar-refractivity contribution in [1.29, 1.82) is 0 Å². The average Bonchev–Trinajstić information content (AvgIpc) is 3.40. The Morgan fingerprint density at radius 1 is 1.11 bits per heavy atom. The van der Waals surface area contributed by atoms with Gasteiger partial charge in [0.25, 0.3) is 11.5 Å². The molecule has 0 unspecified atom stereocenters. The van der Waals surface area contributed by atoms with Crippen LogP contribution in [-0.2, 0) is 12.8 Å². The fourth-order valence-electron chi connectivity index (χ4n) is 3.85. The van der Waals surface area contributed by atoms with E-state index >= 15 is 0 Å². The van der Waals surface area contributed by atoms with Crippen LogP contribution < -0.4 is 5.56 Å². The third kappa shape index (κ3) is 2.89. The second kappa shape index (κ2) is 6.26. The molecule has 3 aromatic rings. The number of hydrogen-bond acceptors (Lipinski definition) is 3. The van der Waals surface area contributed by atoms with Gasteiger partial charge in [-0.25, -0.2) is 4.68 Å². The molecule has 1 amide bonds. The fourth-order valence-corrected chi connectivity index (χ4v) is 3.85. The molecule has 0 saturated heterocycles. The van der Waals surface area contributed by atoms with E-state index in [-0.39, 0.29) is 11.5 Å². The number of carbonyl (C=O) groups is 1. The van der Waals surface area contributed by atoms with Crippen molar-refractivity contribution in [3.63, 3.8) is 0 Å². The lowest BCUT2D eigenvalue weighted by atomic mass is 10.1. The van der Waals surface area contributed by atoms with Crippen LogP contribution in [0, 0.1) is 0 Å². The van der Waals surface area contributed by atoms with Gasteiger partial charge >= 0.3 is 0 Å². The van der Waals surface area contributed by atoms with Gasteiger partial charge in [0, 0.05) is 37.2 Å². The number of aromatic nitrogens is 4. The fraction of sp³-hybridized carbons (Fsp3) is 0.350. The summed E-state index contributed by atoms with van der Waals surface area (Å²) < 4.78 is 1.41. The molecule has 7 nitrogen and oxygen atoms in total. The molecular weight excluding hydrogens is 342 g/mol. The molecule has 0 spiro atoms. The molecule has 3 heterocycles. The van der Waals surface area contributed by atoms with Crippen LogP contribution in [0.25, 0.3) is 5.69 Å². The number of hydrogen-bond donors (Lipinski definition) is 2. The Labute approximate surface area is 156 Å². The number of H-pyrrole nitrogens is 2. The molecule has 27 heavy (non-hydrogen) atoms. The third-order valence-corrected chi connectivity index (χ3v) is 5.46. The molecule has 2 aliphatic rings. The molecule has 0 atom stereocenters. The molecule has 1 aliphatic heterocycles. The summed E-state index contributed by atoms with van der Waals surface area (Å²) in [5, 5.41) is 10.6. The highest BCUT2D eigenvalue weighted by Gasteiger charge is 2.32. The van der Waals surface area contributed by atoms with Gasteiger partial charge in [-0.15, -0.1) is 0 Å². The Morgan fingerprint density at radius 2 is 1.89 bits per heavy atom. The Balaban J connectivity index is 1.37. The highest BCUT2D eigenvalue weighted by atomic mass is 16.2. The number of nitrogens with zero attached hydrogens (tertiary/aromatic N) is 3. The molecule has 1 aliphatic carbocycles. The zero-order valence-electron chi connectivity index (χ0n) is 14.9. The molecule has 138 valence electrons. The molecule has 1 saturated carbocycles. The minimum absolute atomic E-state index is 0.132.